The Morgan fingerprint density at radius 1 is 1.10 bits per heavy atom. The first kappa shape index (κ1) is 21.1. The van der Waals surface area contributed by atoms with Crippen LogP contribution in [-0.2, 0) is 18.1 Å². The minimum atomic E-state index is -3.53. The molecule has 0 amide bonds. The average Bonchev–Trinajstić information content (AvgIpc) is 2.47. The first-order chi connectivity index (χ1) is 9.17. The Kier molecular flexibility index (Phi) is 9.16. The first-order valence-electron chi connectivity index (χ1n) is 5.86. The van der Waals surface area contributed by atoms with Gasteiger partial charge >= 0.3 is 7.82 Å². The molecule has 0 fully saturated rings. The van der Waals surface area contributed by atoms with Gasteiger partial charge in [-0.25, -0.2) is 4.57 Å². The van der Waals surface area contributed by atoms with Gasteiger partial charge in [-0.05, 0) is 18.8 Å². The highest BCUT2D eigenvalue weighted by Gasteiger charge is 2.46. The maximum Gasteiger partial charge on any atom is 0.474 e. The van der Waals surface area contributed by atoms with Crippen LogP contribution in [0.15, 0.2) is 0 Å². The van der Waals surface area contributed by atoms with E-state index < -0.39 is 22.8 Å². The molecule has 0 aliphatic carbocycles. The summed E-state index contributed by atoms with van der Waals surface area (Å²) >= 11 is 4.76. The van der Waals surface area contributed by atoms with Crippen molar-refractivity contribution in [3.63, 3.8) is 0 Å². The molecule has 122 valence electrons. The smallest absolute Gasteiger partial charge is 0.389 e. The molecule has 0 aromatic carbocycles. The van der Waals surface area contributed by atoms with Gasteiger partial charge in [0.1, 0.15) is 3.41 Å². The van der Waals surface area contributed by atoms with Gasteiger partial charge in [0.05, 0.1) is 12.7 Å². The Bertz CT molecular complexity index is 320. The van der Waals surface area contributed by atoms with Crippen LogP contribution in [0.5, 0.6) is 0 Å². The molecule has 20 heavy (non-hydrogen) atoms. The molecule has 0 aromatic heterocycles. The van der Waals surface area contributed by atoms with Crippen LogP contribution in [0, 0.1) is 5.41 Å². The van der Waals surface area contributed by atoms with E-state index in [1.54, 1.807) is 35.3 Å². The van der Waals surface area contributed by atoms with Crippen LogP contribution < -0.4 is 0 Å². The molecule has 1 N–H and O–H groups in total. The topological polar surface area (TPSA) is 65.0 Å². The molecule has 0 aliphatic heterocycles. The van der Waals surface area contributed by atoms with E-state index in [0.29, 0.717) is 0 Å². The lowest BCUT2D eigenvalue weighted by molar-refractivity contribution is 0.00926. The highest BCUT2D eigenvalue weighted by molar-refractivity contribution is 8.33. The van der Waals surface area contributed by atoms with Crippen molar-refractivity contribution in [1.29, 1.82) is 0 Å². The third kappa shape index (κ3) is 5.09. The van der Waals surface area contributed by atoms with Gasteiger partial charge in [0, 0.05) is 19.6 Å². The average molecular weight is 364 g/mol. The SMILES string of the molecule is COP(=O)(OC)OCC(C)(C)C(O)C(SC)(SC)SC. The number of hydrogen-bond acceptors (Lipinski definition) is 8. The number of rotatable bonds is 10. The molecule has 0 aliphatic rings. The summed E-state index contributed by atoms with van der Waals surface area (Å²) < 4.78 is 26.3. The fraction of sp³-hybridized carbons (Fsp3) is 1.00. The first-order valence-corrected chi connectivity index (χ1v) is 11.0. The number of phosphoric acid groups is 1. The lowest BCUT2D eigenvalue weighted by Gasteiger charge is -2.42. The van der Waals surface area contributed by atoms with Gasteiger partial charge in [-0.2, -0.15) is 0 Å². The summed E-state index contributed by atoms with van der Waals surface area (Å²) in [6, 6.07) is 0. The molecule has 0 bridgehead atoms. The van der Waals surface area contributed by atoms with Gasteiger partial charge < -0.3 is 5.11 Å². The van der Waals surface area contributed by atoms with E-state index >= 15 is 0 Å². The van der Waals surface area contributed by atoms with Gasteiger partial charge in [-0.3, -0.25) is 13.6 Å². The number of aliphatic hydroxyl groups excluding tert-OH is 1. The minimum absolute atomic E-state index is 0.0660. The molecule has 0 radical (unpaired) electrons. The van der Waals surface area contributed by atoms with Crippen molar-refractivity contribution in [2.45, 2.75) is 23.4 Å². The van der Waals surface area contributed by atoms with Crippen LogP contribution in [0.25, 0.3) is 0 Å². The predicted molar refractivity (Wildman–Crippen MR) is 90.6 cm³/mol. The quantitative estimate of drug-likeness (QED) is 0.466. The second kappa shape index (κ2) is 8.67. The van der Waals surface area contributed by atoms with Gasteiger partial charge in [-0.15, -0.1) is 35.3 Å². The molecule has 1 unspecified atom stereocenters. The number of thioether (sulfide) groups is 3. The Balaban J connectivity index is 4.99. The number of hydrogen-bond donors (Lipinski definition) is 1. The van der Waals surface area contributed by atoms with E-state index in [1.165, 1.54) is 14.2 Å². The predicted octanol–water partition coefficient (Wildman–Crippen LogP) is 3.53. The zero-order valence-corrected chi connectivity index (χ0v) is 16.4. The highest BCUT2D eigenvalue weighted by Crippen LogP contribution is 2.53. The molecule has 0 saturated heterocycles. The third-order valence-corrected chi connectivity index (χ3v) is 9.69. The summed E-state index contributed by atoms with van der Waals surface area (Å²) in [4.78, 5) is 0. The third-order valence-electron chi connectivity index (χ3n) is 2.97. The van der Waals surface area contributed by atoms with E-state index in [4.69, 9.17) is 13.6 Å². The lowest BCUT2D eigenvalue weighted by Crippen LogP contribution is -2.46. The van der Waals surface area contributed by atoms with E-state index in [1.807, 2.05) is 32.6 Å². The Morgan fingerprint density at radius 2 is 1.50 bits per heavy atom. The molecule has 1 atom stereocenters. The van der Waals surface area contributed by atoms with Crippen LogP contribution in [0.2, 0.25) is 0 Å². The Hall–Kier alpha value is 1.12. The molecule has 0 heterocycles. The van der Waals surface area contributed by atoms with Crippen molar-refractivity contribution in [2.24, 2.45) is 5.41 Å². The molecule has 9 heteroatoms. The molecule has 0 aromatic rings. The van der Waals surface area contributed by atoms with Gasteiger partial charge in [-0.1, -0.05) is 13.8 Å². The molecule has 0 saturated carbocycles. The molecule has 0 spiro atoms. The molecular weight excluding hydrogens is 339 g/mol. The largest absolute Gasteiger partial charge is 0.474 e. The fourth-order valence-electron chi connectivity index (χ4n) is 1.57. The van der Waals surface area contributed by atoms with Crippen LogP contribution in [0.1, 0.15) is 13.8 Å². The monoisotopic (exact) mass is 364 g/mol. The van der Waals surface area contributed by atoms with Crippen molar-refractivity contribution < 1.29 is 23.2 Å². The molecular formula is C11H25O5PS3. The summed E-state index contributed by atoms with van der Waals surface area (Å²) in [5.74, 6) is 0. The second-order valence-electron chi connectivity index (χ2n) is 4.69. The van der Waals surface area contributed by atoms with Crippen LogP contribution in [-0.4, -0.2) is 54.2 Å². The fourth-order valence-corrected chi connectivity index (χ4v) is 6.05. The van der Waals surface area contributed by atoms with E-state index in [-0.39, 0.29) is 6.61 Å². The maximum atomic E-state index is 11.9. The van der Waals surface area contributed by atoms with Crippen LogP contribution in [0.3, 0.4) is 0 Å². The summed E-state index contributed by atoms with van der Waals surface area (Å²) in [6.07, 6.45) is 5.21. The van der Waals surface area contributed by atoms with E-state index in [0.717, 1.165) is 0 Å². The summed E-state index contributed by atoms with van der Waals surface area (Å²) in [5, 5.41) is 10.7. The number of phosphoric ester groups is 1. The zero-order chi connectivity index (χ0) is 16.0. The van der Waals surface area contributed by atoms with E-state index in [9.17, 15) is 9.67 Å². The Labute approximate surface area is 134 Å². The number of aliphatic hydroxyl groups is 1. The van der Waals surface area contributed by atoms with Gasteiger partial charge in [0.25, 0.3) is 0 Å². The van der Waals surface area contributed by atoms with Gasteiger partial charge in [0.15, 0.2) is 0 Å². The van der Waals surface area contributed by atoms with Crippen LogP contribution >= 0.6 is 43.1 Å². The van der Waals surface area contributed by atoms with Crippen molar-refractivity contribution in [3.8, 4) is 0 Å². The summed E-state index contributed by atoms with van der Waals surface area (Å²) in [5.41, 5.74) is -0.609. The van der Waals surface area contributed by atoms with Crippen LogP contribution in [0.4, 0.5) is 0 Å². The summed E-state index contributed by atoms with van der Waals surface area (Å²) in [6.45, 7) is 3.80. The molecule has 0 rings (SSSR count). The van der Waals surface area contributed by atoms with Crippen molar-refractivity contribution in [3.05, 3.63) is 0 Å². The van der Waals surface area contributed by atoms with Crippen molar-refractivity contribution in [2.75, 3.05) is 39.6 Å². The van der Waals surface area contributed by atoms with Crippen molar-refractivity contribution >= 4 is 43.1 Å². The standard InChI is InChI=1S/C11H25O5PS3/c1-10(2,8-16-17(13,14-3)15-4)9(12)11(18-5,19-6)20-7/h9,12H,8H2,1-7H3. The molecule has 5 nitrogen and oxygen atoms in total. The zero-order valence-electron chi connectivity index (χ0n) is 13.0. The van der Waals surface area contributed by atoms with E-state index in [2.05, 4.69) is 0 Å². The van der Waals surface area contributed by atoms with Gasteiger partial charge in [0.2, 0.25) is 0 Å². The lowest BCUT2D eigenvalue weighted by atomic mass is 9.88. The highest BCUT2D eigenvalue weighted by atomic mass is 32.3. The Morgan fingerprint density at radius 3 is 1.80 bits per heavy atom. The maximum absolute atomic E-state index is 11.9. The van der Waals surface area contributed by atoms with Crippen molar-refractivity contribution in [1.82, 2.24) is 0 Å². The minimum Gasteiger partial charge on any atom is -0.389 e. The second-order valence-corrected chi connectivity index (χ2v) is 10.5. The summed E-state index contributed by atoms with van der Waals surface area (Å²) in [7, 11) is -0.991. The normalized spacial score (nSPS) is 15.4.